The van der Waals surface area contributed by atoms with Gasteiger partial charge < -0.3 is 4.90 Å². The average molecular weight is 349 g/mol. The molecule has 0 saturated carbocycles. The fourth-order valence-corrected chi connectivity index (χ4v) is 3.82. The van der Waals surface area contributed by atoms with E-state index < -0.39 is 23.3 Å². The third kappa shape index (κ3) is 3.38. The van der Waals surface area contributed by atoms with Gasteiger partial charge >= 0.3 is 0 Å². The van der Waals surface area contributed by atoms with Crippen LogP contribution in [-0.2, 0) is 0 Å². The largest absolute Gasteiger partial charge is 0.337 e. The highest BCUT2D eigenvalue weighted by molar-refractivity contribution is 7.13. The number of benzene rings is 1. The highest BCUT2D eigenvalue weighted by atomic mass is 32.1. The van der Waals surface area contributed by atoms with Crippen molar-refractivity contribution < 1.29 is 18.4 Å². The van der Waals surface area contributed by atoms with E-state index in [9.17, 15) is 18.4 Å². The van der Waals surface area contributed by atoms with Gasteiger partial charge in [-0.1, -0.05) is 0 Å². The van der Waals surface area contributed by atoms with Crippen LogP contribution < -0.4 is 0 Å². The summed E-state index contributed by atoms with van der Waals surface area (Å²) in [5.41, 5.74) is -0.235. The molecule has 0 N–H and O–H groups in total. The van der Waals surface area contributed by atoms with Crippen molar-refractivity contribution >= 4 is 23.0 Å². The fourth-order valence-electron chi connectivity index (χ4n) is 2.99. The standard InChI is InChI=1S/C18H17F2NO2S/c1-11-4-7-16(24-11)18(23)21-8-2-3-12(10-21)17(22)14-9-13(19)5-6-15(14)20/h4-7,9,12H,2-3,8,10H2,1H3/t12-/m1/s1. The van der Waals surface area contributed by atoms with Crippen molar-refractivity contribution in [2.45, 2.75) is 19.8 Å². The van der Waals surface area contributed by atoms with E-state index in [1.165, 1.54) is 11.3 Å². The molecule has 0 radical (unpaired) electrons. The van der Waals surface area contributed by atoms with Crippen LogP contribution in [-0.4, -0.2) is 29.7 Å². The second-order valence-corrected chi connectivity index (χ2v) is 7.28. The van der Waals surface area contributed by atoms with Crippen LogP contribution in [0.15, 0.2) is 30.3 Å². The first kappa shape index (κ1) is 16.8. The van der Waals surface area contributed by atoms with E-state index in [1.54, 1.807) is 11.0 Å². The molecule has 126 valence electrons. The molecule has 1 amide bonds. The molecule has 1 fully saturated rings. The van der Waals surface area contributed by atoms with Crippen LogP contribution in [0.1, 0.15) is 37.7 Å². The highest BCUT2D eigenvalue weighted by Gasteiger charge is 2.31. The Bertz CT molecular complexity index is 787. The van der Waals surface area contributed by atoms with Gasteiger partial charge in [0.05, 0.1) is 10.4 Å². The van der Waals surface area contributed by atoms with Gasteiger partial charge in [-0.25, -0.2) is 8.78 Å². The van der Waals surface area contributed by atoms with Gasteiger partial charge in [-0.2, -0.15) is 0 Å². The van der Waals surface area contributed by atoms with Gasteiger partial charge in [0.2, 0.25) is 0 Å². The summed E-state index contributed by atoms with van der Waals surface area (Å²) in [6, 6.07) is 6.54. The Balaban J connectivity index is 1.76. The van der Waals surface area contributed by atoms with Crippen LogP contribution >= 0.6 is 11.3 Å². The van der Waals surface area contributed by atoms with E-state index >= 15 is 0 Å². The molecule has 1 aliphatic rings. The monoisotopic (exact) mass is 349 g/mol. The molecule has 2 aromatic rings. The molecule has 1 aliphatic heterocycles. The van der Waals surface area contributed by atoms with E-state index in [0.717, 1.165) is 23.1 Å². The Morgan fingerprint density at radius 1 is 1.21 bits per heavy atom. The zero-order valence-corrected chi connectivity index (χ0v) is 14.0. The summed E-state index contributed by atoms with van der Waals surface area (Å²) in [4.78, 5) is 28.4. The molecule has 0 bridgehead atoms. The number of hydrogen-bond donors (Lipinski definition) is 0. The second kappa shape index (κ2) is 6.81. The third-order valence-electron chi connectivity index (χ3n) is 4.22. The molecule has 1 saturated heterocycles. The van der Waals surface area contributed by atoms with Gasteiger partial charge in [-0.05, 0) is 50.1 Å². The molecule has 1 atom stereocenters. The Labute approximate surface area is 142 Å². The minimum Gasteiger partial charge on any atom is -0.337 e. The molecular formula is C18H17F2NO2S. The lowest BCUT2D eigenvalue weighted by Gasteiger charge is -2.31. The molecule has 24 heavy (non-hydrogen) atoms. The van der Waals surface area contributed by atoms with Crippen LogP contribution in [0, 0.1) is 24.5 Å². The second-order valence-electron chi connectivity index (χ2n) is 5.99. The number of likely N-dealkylation sites (tertiary alicyclic amines) is 1. The first-order valence-corrected chi connectivity index (χ1v) is 8.62. The lowest BCUT2D eigenvalue weighted by Crippen LogP contribution is -2.42. The maximum Gasteiger partial charge on any atom is 0.263 e. The lowest BCUT2D eigenvalue weighted by atomic mass is 9.89. The number of amides is 1. The average Bonchev–Trinajstić information content (AvgIpc) is 3.02. The number of ketones is 1. The normalized spacial score (nSPS) is 17.8. The summed E-state index contributed by atoms with van der Waals surface area (Å²) in [7, 11) is 0. The summed E-state index contributed by atoms with van der Waals surface area (Å²) in [6.07, 6.45) is 1.24. The number of piperidine rings is 1. The third-order valence-corrected chi connectivity index (χ3v) is 5.21. The molecule has 2 heterocycles. The van der Waals surface area contributed by atoms with Crippen LogP contribution in [0.25, 0.3) is 0 Å². The van der Waals surface area contributed by atoms with Crippen LogP contribution in [0.5, 0.6) is 0 Å². The minimum atomic E-state index is -0.723. The van der Waals surface area contributed by atoms with Crippen LogP contribution in [0.3, 0.4) is 0 Å². The zero-order chi connectivity index (χ0) is 17.3. The molecule has 1 aromatic carbocycles. The van der Waals surface area contributed by atoms with Crippen molar-refractivity contribution in [2.24, 2.45) is 5.92 Å². The number of carbonyl (C=O) groups excluding carboxylic acids is 2. The number of aryl methyl sites for hydroxylation is 1. The number of nitrogens with zero attached hydrogens (tertiary/aromatic N) is 1. The number of rotatable bonds is 3. The summed E-state index contributed by atoms with van der Waals surface area (Å²) < 4.78 is 27.2. The maximum absolute atomic E-state index is 13.8. The van der Waals surface area contributed by atoms with Gasteiger partial charge in [0.15, 0.2) is 5.78 Å². The number of halogens is 2. The minimum absolute atomic E-state index is 0.106. The van der Waals surface area contributed by atoms with Crippen molar-refractivity contribution in [2.75, 3.05) is 13.1 Å². The summed E-state index contributed by atoms with van der Waals surface area (Å²) in [6.45, 7) is 2.74. The van der Waals surface area contributed by atoms with E-state index in [-0.39, 0.29) is 18.0 Å². The maximum atomic E-state index is 13.8. The molecule has 3 rings (SSSR count). The molecule has 0 spiro atoms. The summed E-state index contributed by atoms with van der Waals surface area (Å²) in [5, 5.41) is 0. The van der Waals surface area contributed by atoms with Crippen LogP contribution in [0.4, 0.5) is 8.78 Å². The van der Waals surface area contributed by atoms with Crippen molar-refractivity contribution in [3.8, 4) is 0 Å². The van der Waals surface area contributed by atoms with Gasteiger partial charge in [0.1, 0.15) is 11.6 Å². The summed E-state index contributed by atoms with van der Waals surface area (Å²) in [5.74, 6) is -2.41. The van der Waals surface area contributed by atoms with Crippen molar-refractivity contribution in [3.05, 3.63) is 57.3 Å². The van der Waals surface area contributed by atoms with Crippen molar-refractivity contribution in [3.63, 3.8) is 0 Å². The van der Waals surface area contributed by atoms with E-state index in [0.29, 0.717) is 24.3 Å². The van der Waals surface area contributed by atoms with Gasteiger partial charge in [0, 0.05) is 23.9 Å². The first-order valence-electron chi connectivity index (χ1n) is 7.80. The molecule has 3 nitrogen and oxygen atoms in total. The van der Waals surface area contributed by atoms with Crippen LogP contribution in [0.2, 0.25) is 0 Å². The predicted molar refractivity (Wildman–Crippen MR) is 88.4 cm³/mol. The zero-order valence-electron chi connectivity index (χ0n) is 13.2. The molecule has 0 aliphatic carbocycles. The lowest BCUT2D eigenvalue weighted by molar-refractivity contribution is 0.0639. The smallest absolute Gasteiger partial charge is 0.263 e. The molecule has 1 aromatic heterocycles. The Morgan fingerprint density at radius 2 is 2.00 bits per heavy atom. The quantitative estimate of drug-likeness (QED) is 0.784. The topological polar surface area (TPSA) is 37.4 Å². The Hall–Kier alpha value is -2.08. The molecule has 0 unspecified atom stereocenters. The van der Waals surface area contributed by atoms with Crippen molar-refractivity contribution in [1.29, 1.82) is 0 Å². The summed E-state index contributed by atoms with van der Waals surface area (Å²) >= 11 is 1.41. The van der Waals surface area contributed by atoms with Gasteiger partial charge in [-0.3, -0.25) is 9.59 Å². The molecular weight excluding hydrogens is 332 g/mol. The van der Waals surface area contributed by atoms with Gasteiger partial charge in [0.25, 0.3) is 5.91 Å². The SMILES string of the molecule is Cc1ccc(C(=O)N2CCC[C@@H](C(=O)c3cc(F)ccc3F)C2)s1. The predicted octanol–water partition coefficient (Wildman–Crippen LogP) is 4.07. The van der Waals surface area contributed by atoms with E-state index in [2.05, 4.69) is 0 Å². The highest BCUT2D eigenvalue weighted by Crippen LogP contribution is 2.25. The number of Topliss-reactive ketones (excluding diaryl/α,β-unsaturated/α-hetero) is 1. The Kier molecular flexibility index (Phi) is 4.76. The number of thiophene rings is 1. The van der Waals surface area contributed by atoms with E-state index in [4.69, 9.17) is 0 Å². The van der Waals surface area contributed by atoms with Gasteiger partial charge in [-0.15, -0.1) is 11.3 Å². The van der Waals surface area contributed by atoms with Crippen molar-refractivity contribution in [1.82, 2.24) is 4.90 Å². The first-order chi connectivity index (χ1) is 11.5. The number of carbonyl (C=O) groups is 2. The molecule has 6 heteroatoms. The fraction of sp³-hybridized carbons (Fsp3) is 0.333. The Morgan fingerprint density at radius 3 is 2.71 bits per heavy atom. The van der Waals surface area contributed by atoms with E-state index in [1.807, 2.05) is 13.0 Å². The number of hydrogen-bond acceptors (Lipinski definition) is 3.